The average Bonchev–Trinajstić information content (AvgIpc) is 3.21. The quantitative estimate of drug-likeness (QED) is 0.548. The lowest BCUT2D eigenvalue weighted by Gasteiger charge is -2.20. The fraction of sp³-hybridized carbons (Fsp3) is 0.208. The summed E-state index contributed by atoms with van der Waals surface area (Å²) in [6.07, 6.45) is 0.532. The summed E-state index contributed by atoms with van der Waals surface area (Å²) in [6, 6.07) is 20.6. The first-order valence-corrected chi connectivity index (χ1v) is 11.7. The lowest BCUT2D eigenvalue weighted by molar-refractivity contribution is -0.123. The van der Waals surface area contributed by atoms with Gasteiger partial charge in [-0.25, -0.2) is 12.8 Å². The molecule has 1 heterocycles. The second kappa shape index (κ2) is 9.50. The van der Waals surface area contributed by atoms with Crippen LogP contribution in [0.3, 0.4) is 0 Å². The second-order valence-electron chi connectivity index (χ2n) is 7.59. The Morgan fingerprint density at radius 2 is 1.69 bits per heavy atom. The van der Waals surface area contributed by atoms with Crippen LogP contribution < -0.4 is 14.8 Å². The molecule has 3 aromatic rings. The Bertz CT molecular complexity index is 1180. The van der Waals surface area contributed by atoms with Crippen molar-refractivity contribution < 1.29 is 22.3 Å². The van der Waals surface area contributed by atoms with Gasteiger partial charge in [0, 0.05) is 6.42 Å². The van der Waals surface area contributed by atoms with Gasteiger partial charge in [-0.05, 0) is 35.7 Å². The highest BCUT2D eigenvalue weighted by atomic mass is 32.2. The zero-order valence-electron chi connectivity index (χ0n) is 17.2. The smallest absolute Gasteiger partial charge is 0.244 e. The van der Waals surface area contributed by atoms with Crippen molar-refractivity contribution in [1.29, 1.82) is 0 Å². The first-order chi connectivity index (χ1) is 15.4. The molecule has 8 heteroatoms. The van der Waals surface area contributed by atoms with Gasteiger partial charge in [0.15, 0.2) is 0 Å². The highest BCUT2D eigenvalue weighted by molar-refractivity contribution is 7.89. The molecule has 0 saturated heterocycles. The molecule has 2 N–H and O–H groups in total. The molecule has 4 rings (SSSR count). The second-order valence-corrected chi connectivity index (χ2v) is 9.27. The van der Waals surface area contributed by atoms with Crippen LogP contribution in [-0.2, 0) is 27.7 Å². The molecule has 0 spiro atoms. The molecule has 0 fully saturated rings. The van der Waals surface area contributed by atoms with Crippen molar-refractivity contribution in [3.05, 3.63) is 95.8 Å². The number of rotatable bonds is 8. The first-order valence-electron chi connectivity index (χ1n) is 10.3. The van der Waals surface area contributed by atoms with Gasteiger partial charge in [-0.1, -0.05) is 60.7 Å². The molecule has 0 aromatic heterocycles. The van der Waals surface area contributed by atoms with Crippen LogP contribution in [0.5, 0.6) is 5.75 Å². The predicted molar refractivity (Wildman–Crippen MR) is 118 cm³/mol. The van der Waals surface area contributed by atoms with Crippen molar-refractivity contribution in [3.63, 3.8) is 0 Å². The number of nitrogens with one attached hydrogen (secondary N) is 2. The molecule has 1 amide bonds. The van der Waals surface area contributed by atoms with Crippen LogP contribution in [0.15, 0.2) is 83.8 Å². The van der Waals surface area contributed by atoms with Crippen LogP contribution in [0.1, 0.15) is 11.1 Å². The lowest BCUT2D eigenvalue weighted by atomic mass is 10.1. The van der Waals surface area contributed by atoms with Crippen LogP contribution in [0.4, 0.5) is 4.39 Å². The van der Waals surface area contributed by atoms with E-state index in [0.29, 0.717) is 6.42 Å². The van der Waals surface area contributed by atoms with Gasteiger partial charge >= 0.3 is 0 Å². The van der Waals surface area contributed by atoms with E-state index in [1.54, 1.807) is 24.3 Å². The molecule has 0 aliphatic carbocycles. The fourth-order valence-electron chi connectivity index (χ4n) is 3.66. The monoisotopic (exact) mass is 454 g/mol. The number of sulfonamides is 1. The molecule has 166 valence electrons. The number of amides is 1. The molecule has 0 bridgehead atoms. The molecular weight excluding hydrogens is 431 g/mol. The fourth-order valence-corrected chi connectivity index (χ4v) is 4.93. The van der Waals surface area contributed by atoms with Gasteiger partial charge in [0.1, 0.15) is 28.6 Å². The molecule has 2 atom stereocenters. The Balaban J connectivity index is 1.48. The van der Waals surface area contributed by atoms with Crippen LogP contribution in [0, 0.1) is 5.82 Å². The van der Waals surface area contributed by atoms with Gasteiger partial charge in [-0.2, -0.15) is 4.72 Å². The standard InChI is InChI=1S/C24H23FN2O4S/c25-20-11-5-7-13-23(20)32(29,30)27-21(14-17-8-2-1-3-9-17)24(28)26-16-19-15-18-10-4-6-12-22(18)31-19/h1-13,19,21,27H,14-16H2,(H,26,28). The van der Waals surface area contributed by atoms with Gasteiger partial charge in [-0.15, -0.1) is 0 Å². The third kappa shape index (κ3) is 5.15. The molecule has 0 saturated carbocycles. The third-order valence-corrected chi connectivity index (χ3v) is 6.75. The van der Waals surface area contributed by atoms with Crippen molar-refractivity contribution >= 4 is 15.9 Å². The molecule has 2 unspecified atom stereocenters. The predicted octanol–water partition coefficient (Wildman–Crippen LogP) is 2.84. The summed E-state index contributed by atoms with van der Waals surface area (Å²) < 4.78 is 47.9. The van der Waals surface area contributed by atoms with E-state index in [1.807, 2.05) is 30.3 Å². The van der Waals surface area contributed by atoms with Crippen molar-refractivity contribution in [2.24, 2.45) is 0 Å². The maximum atomic E-state index is 14.1. The summed E-state index contributed by atoms with van der Waals surface area (Å²) in [5.74, 6) is -0.600. The summed E-state index contributed by atoms with van der Waals surface area (Å²) in [4.78, 5) is 12.5. The number of carbonyl (C=O) groups is 1. The largest absolute Gasteiger partial charge is 0.488 e. The maximum Gasteiger partial charge on any atom is 0.244 e. The average molecular weight is 455 g/mol. The van der Waals surface area contributed by atoms with Crippen molar-refractivity contribution in [2.45, 2.75) is 29.9 Å². The van der Waals surface area contributed by atoms with Crippen molar-refractivity contribution in [1.82, 2.24) is 10.0 Å². The van der Waals surface area contributed by atoms with Gasteiger partial charge < -0.3 is 10.1 Å². The van der Waals surface area contributed by atoms with Crippen LogP contribution in [-0.4, -0.2) is 33.0 Å². The Morgan fingerprint density at radius 3 is 2.44 bits per heavy atom. The molecule has 1 aliphatic rings. The van der Waals surface area contributed by atoms with E-state index in [2.05, 4.69) is 10.0 Å². The topological polar surface area (TPSA) is 84.5 Å². The lowest BCUT2D eigenvalue weighted by Crippen LogP contribution is -2.49. The number of para-hydroxylation sites is 1. The zero-order valence-corrected chi connectivity index (χ0v) is 18.0. The van der Waals surface area contributed by atoms with Gasteiger partial charge in [0.2, 0.25) is 15.9 Å². The highest BCUT2D eigenvalue weighted by Crippen LogP contribution is 2.27. The Kier molecular flexibility index (Phi) is 6.53. The van der Waals surface area contributed by atoms with E-state index < -0.39 is 32.7 Å². The zero-order chi connectivity index (χ0) is 22.6. The minimum absolute atomic E-state index is 0.117. The van der Waals surface area contributed by atoms with Gasteiger partial charge in [-0.3, -0.25) is 4.79 Å². The van der Waals surface area contributed by atoms with Gasteiger partial charge in [0.25, 0.3) is 0 Å². The minimum atomic E-state index is -4.25. The number of halogens is 1. The maximum absolute atomic E-state index is 14.1. The van der Waals surface area contributed by atoms with E-state index in [9.17, 15) is 17.6 Å². The van der Waals surface area contributed by atoms with Crippen molar-refractivity contribution in [2.75, 3.05) is 6.54 Å². The SMILES string of the molecule is O=C(NCC1Cc2ccccc2O1)C(Cc1ccccc1)NS(=O)(=O)c1ccccc1F. The number of benzene rings is 3. The molecule has 6 nitrogen and oxygen atoms in total. The number of hydrogen-bond donors (Lipinski definition) is 2. The molecule has 3 aromatic carbocycles. The summed E-state index contributed by atoms with van der Waals surface area (Å²) in [5, 5.41) is 2.78. The molecule has 32 heavy (non-hydrogen) atoms. The minimum Gasteiger partial charge on any atom is -0.488 e. The van der Waals surface area contributed by atoms with E-state index in [-0.39, 0.29) is 19.1 Å². The summed E-state index contributed by atoms with van der Waals surface area (Å²) in [5.41, 5.74) is 1.83. The molecule has 0 radical (unpaired) electrons. The van der Waals surface area contributed by atoms with E-state index in [0.717, 1.165) is 22.9 Å². The summed E-state index contributed by atoms with van der Waals surface area (Å²) in [6.45, 7) is 0.222. The van der Waals surface area contributed by atoms with Crippen LogP contribution >= 0.6 is 0 Å². The Labute approximate surface area is 186 Å². The van der Waals surface area contributed by atoms with E-state index in [4.69, 9.17) is 4.74 Å². The third-order valence-electron chi connectivity index (χ3n) is 5.24. The van der Waals surface area contributed by atoms with Gasteiger partial charge in [0.05, 0.1) is 6.54 Å². The highest BCUT2D eigenvalue weighted by Gasteiger charge is 2.29. The number of carbonyl (C=O) groups excluding carboxylic acids is 1. The number of fused-ring (bicyclic) bond motifs is 1. The Hall–Kier alpha value is -3.23. The number of ether oxygens (including phenoxy) is 1. The molecular formula is C24H23FN2O4S. The van der Waals surface area contributed by atoms with Crippen molar-refractivity contribution in [3.8, 4) is 5.75 Å². The normalized spacial score (nSPS) is 16.1. The van der Waals surface area contributed by atoms with E-state index >= 15 is 0 Å². The Morgan fingerprint density at radius 1 is 1.00 bits per heavy atom. The van der Waals surface area contributed by atoms with Crippen LogP contribution in [0.2, 0.25) is 0 Å². The first kappa shape index (κ1) is 22.0. The number of hydrogen-bond acceptors (Lipinski definition) is 4. The summed E-state index contributed by atoms with van der Waals surface area (Å²) in [7, 11) is -4.25. The van der Waals surface area contributed by atoms with E-state index in [1.165, 1.54) is 18.2 Å². The van der Waals surface area contributed by atoms with Crippen LogP contribution in [0.25, 0.3) is 0 Å². The molecule has 1 aliphatic heterocycles. The summed E-state index contributed by atoms with van der Waals surface area (Å²) >= 11 is 0.